The normalized spacial score (nSPS) is 14.3. The molecular weight excluding hydrogens is 296 g/mol. The third kappa shape index (κ3) is 5.06. The fraction of sp³-hybridized carbons (Fsp3) is 0.556. The molecule has 0 spiro atoms. The first kappa shape index (κ1) is 17.5. The maximum Gasteiger partial charge on any atom is 0.335 e. The van der Waals surface area contributed by atoms with Crippen molar-refractivity contribution in [1.82, 2.24) is 0 Å². The second kappa shape index (κ2) is 8.11. The van der Waals surface area contributed by atoms with Crippen LogP contribution in [0.2, 0.25) is 0 Å². The Balaban J connectivity index is 1.78. The molecule has 1 heterocycles. The summed E-state index contributed by atoms with van der Waals surface area (Å²) in [7, 11) is 0. The smallest absolute Gasteiger partial charge is 0.335 e. The molecule has 0 N–H and O–H groups in total. The molecule has 5 heteroatoms. The van der Waals surface area contributed by atoms with E-state index in [1.807, 2.05) is 0 Å². The van der Waals surface area contributed by atoms with E-state index in [2.05, 4.69) is 13.8 Å². The molecule has 0 aromatic heterocycles. The largest absolute Gasteiger partial charge is 0.493 e. The summed E-state index contributed by atoms with van der Waals surface area (Å²) in [5.41, 5.74) is 1.56. The Labute approximate surface area is 136 Å². The Morgan fingerprint density at radius 2 is 2.04 bits per heavy atom. The van der Waals surface area contributed by atoms with Crippen molar-refractivity contribution in [2.45, 2.75) is 39.7 Å². The number of fused-ring (bicyclic) bond motifs is 1. The van der Waals surface area contributed by atoms with Gasteiger partial charge in [0.15, 0.2) is 18.5 Å². The van der Waals surface area contributed by atoms with Gasteiger partial charge in [-0.3, -0.25) is 4.79 Å². The first-order valence-corrected chi connectivity index (χ1v) is 8.04. The van der Waals surface area contributed by atoms with E-state index in [1.54, 1.807) is 25.1 Å². The first-order chi connectivity index (χ1) is 11.0. The summed E-state index contributed by atoms with van der Waals surface area (Å²) in [5.74, 6) is 0.614. The van der Waals surface area contributed by atoms with E-state index in [1.165, 1.54) is 0 Å². The van der Waals surface area contributed by atoms with Crippen molar-refractivity contribution in [3.63, 3.8) is 0 Å². The van der Waals surface area contributed by atoms with E-state index < -0.39 is 12.1 Å². The molecule has 1 aliphatic heterocycles. The lowest BCUT2D eigenvalue weighted by Gasteiger charge is -2.13. The van der Waals surface area contributed by atoms with Gasteiger partial charge >= 0.3 is 5.97 Å². The van der Waals surface area contributed by atoms with Crippen LogP contribution in [0.15, 0.2) is 18.2 Å². The predicted octanol–water partition coefficient (Wildman–Crippen LogP) is 2.80. The summed E-state index contributed by atoms with van der Waals surface area (Å²) in [6.07, 6.45) is 1.03. The van der Waals surface area contributed by atoms with Crippen molar-refractivity contribution in [2.24, 2.45) is 5.92 Å². The van der Waals surface area contributed by atoms with E-state index in [4.69, 9.17) is 14.2 Å². The van der Waals surface area contributed by atoms with Gasteiger partial charge in [-0.1, -0.05) is 13.8 Å². The number of hydrogen-bond acceptors (Lipinski definition) is 5. The number of ether oxygens (including phenoxy) is 3. The molecule has 0 fully saturated rings. The minimum atomic E-state index is -0.657. The molecule has 5 nitrogen and oxygen atoms in total. The lowest BCUT2D eigenvalue weighted by atomic mass is 10.1. The summed E-state index contributed by atoms with van der Waals surface area (Å²) in [4.78, 5) is 23.9. The van der Waals surface area contributed by atoms with Crippen LogP contribution in [0.3, 0.4) is 0 Å². The van der Waals surface area contributed by atoms with Gasteiger partial charge in [-0.15, -0.1) is 0 Å². The molecule has 0 bridgehead atoms. The summed E-state index contributed by atoms with van der Waals surface area (Å²) >= 11 is 0. The SMILES string of the molecule is CC(C)CCOC(C)C(=O)OCC(=O)c1ccc2c(c1)CCO2. The minimum absolute atomic E-state index is 0.220. The number of rotatable bonds is 8. The van der Waals surface area contributed by atoms with Crippen LogP contribution in [0, 0.1) is 5.92 Å². The van der Waals surface area contributed by atoms with Crippen LogP contribution in [0.25, 0.3) is 0 Å². The second-order valence-electron chi connectivity index (χ2n) is 6.15. The summed E-state index contributed by atoms with van der Waals surface area (Å²) in [6.45, 7) is 6.70. The molecule has 1 aromatic carbocycles. The van der Waals surface area contributed by atoms with Crippen LogP contribution in [-0.2, 0) is 20.7 Å². The van der Waals surface area contributed by atoms with Gasteiger partial charge in [-0.05, 0) is 43.0 Å². The quantitative estimate of drug-likeness (QED) is 0.544. The van der Waals surface area contributed by atoms with Gasteiger partial charge in [0.1, 0.15) is 5.75 Å². The predicted molar refractivity (Wildman–Crippen MR) is 85.8 cm³/mol. The van der Waals surface area contributed by atoms with Crippen LogP contribution in [0.1, 0.15) is 43.1 Å². The molecule has 0 saturated heterocycles. The molecule has 1 atom stereocenters. The van der Waals surface area contributed by atoms with E-state index in [0.717, 1.165) is 24.2 Å². The molecule has 23 heavy (non-hydrogen) atoms. The molecule has 2 rings (SSSR count). The van der Waals surface area contributed by atoms with Crippen LogP contribution in [0.4, 0.5) is 0 Å². The van der Waals surface area contributed by atoms with Crippen molar-refractivity contribution in [3.05, 3.63) is 29.3 Å². The average molecular weight is 320 g/mol. The molecule has 126 valence electrons. The lowest BCUT2D eigenvalue weighted by Crippen LogP contribution is -2.26. The molecule has 1 aliphatic rings. The number of carbonyl (C=O) groups is 2. The van der Waals surface area contributed by atoms with Crippen molar-refractivity contribution < 1.29 is 23.8 Å². The Bertz CT molecular complexity index is 565. The van der Waals surface area contributed by atoms with E-state index in [9.17, 15) is 9.59 Å². The molecule has 1 unspecified atom stereocenters. The van der Waals surface area contributed by atoms with Gasteiger partial charge in [-0.2, -0.15) is 0 Å². The highest BCUT2D eigenvalue weighted by Gasteiger charge is 2.19. The number of esters is 1. The Morgan fingerprint density at radius 1 is 1.26 bits per heavy atom. The highest BCUT2D eigenvalue weighted by atomic mass is 16.6. The topological polar surface area (TPSA) is 61.8 Å². The van der Waals surface area contributed by atoms with Gasteiger partial charge in [0.2, 0.25) is 0 Å². The number of hydrogen-bond donors (Lipinski definition) is 0. The standard InChI is InChI=1S/C18H24O5/c1-12(2)6-8-21-13(3)18(20)23-11-16(19)14-4-5-17-15(10-14)7-9-22-17/h4-5,10,12-13H,6-9,11H2,1-3H3. The maximum atomic E-state index is 12.1. The minimum Gasteiger partial charge on any atom is -0.493 e. The van der Waals surface area contributed by atoms with Crippen molar-refractivity contribution in [3.8, 4) is 5.75 Å². The summed E-state index contributed by atoms with van der Waals surface area (Å²) in [6, 6.07) is 5.29. The Morgan fingerprint density at radius 3 is 2.78 bits per heavy atom. The second-order valence-corrected chi connectivity index (χ2v) is 6.15. The van der Waals surface area contributed by atoms with Gasteiger partial charge in [0.05, 0.1) is 6.61 Å². The highest BCUT2D eigenvalue weighted by molar-refractivity contribution is 5.98. The van der Waals surface area contributed by atoms with Crippen molar-refractivity contribution in [1.29, 1.82) is 0 Å². The molecule has 1 aromatic rings. The zero-order valence-corrected chi connectivity index (χ0v) is 14.0. The van der Waals surface area contributed by atoms with Crippen LogP contribution in [0.5, 0.6) is 5.75 Å². The first-order valence-electron chi connectivity index (χ1n) is 8.04. The zero-order valence-electron chi connectivity index (χ0n) is 14.0. The summed E-state index contributed by atoms with van der Waals surface area (Å²) in [5, 5.41) is 0. The molecular formula is C18H24O5. The van der Waals surface area contributed by atoms with E-state index in [-0.39, 0.29) is 12.4 Å². The zero-order chi connectivity index (χ0) is 16.8. The number of benzene rings is 1. The number of carbonyl (C=O) groups excluding carboxylic acids is 2. The Kier molecular flexibility index (Phi) is 6.16. The van der Waals surface area contributed by atoms with Gasteiger partial charge in [0.25, 0.3) is 0 Å². The molecule has 0 aliphatic carbocycles. The monoisotopic (exact) mass is 320 g/mol. The highest BCUT2D eigenvalue weighted by Crippen LogP contribution is 2.26. The molecule has 0 saturated carbocycles. The maximum absolute atomic E-state index is 12.1. The fourth-order valence-corrected chi connectivity index (χ4v) is 2.25. The third-order valence-corrected chi connectivity index (χ3v) is 3.75. The van der Waals surface area contributed by atoms with Crippen molar-refractivity contribution >= 4 is 11.8 Å². The van der Waals surface area contributed by atoms with Gasteiger partial charge < -0.3 is 14.2 Å². The van der Waals surface area contributed by atoms with Crippen molar-refractivity contribution in [2.75, 3.05) is 19.8 Å². The van der Waals surface area contributed by atoms with Gasteiger partial charge in [-0.25, -0.2) is 4.79 Å². The van der Waals surface area contributed by atoms with E-state index >= 15 is 0 Å². The van der Waals surface area contributed by atoms with Gasteiger partial charge in [0, 0.05) is 18.6 Å². The van der Waals surface area contributed by atoms with E-state index in [0.29, 0.717) is 24.7 Å². The fourth-order valence-electron chi connectivity index (χ4n) is 2.25. The summed E-state index contributed by atoms with van der Waals surface area (Å²) < 4.78 is 15.9. The third-order valence-electron chi connectivity index (χ3n) is 3.75. The molecule has 0 radical (unpaired) electrons. The van der Waals surface area contributed by atoms with Crippen LogP contribution >= 0.6 is 0 Å². The average Bonchev–Trinajstić information content (AvgIpc) is 2.99. The Hall–Kier alpha value is -1.88. The molecule has 0 amide bonds. The number of Topliss-reactive ketones (excluding diaryl/α,β-unsaturated/α-hetero) is 1. The number of ketones is 1. The van der Waals surface area contributed by atoms with Crippen LogP contribution in [-0.4, -0.2) is 37.7 Å². The van der Waals surface area contributed by atoms with Crippen LogP contribution < -0.4 is 4.74 Å². The lowest BCUT2D eigenvalue weighted by molar-refractivity contribution is -0.155.